The molecule has 4 nitrogen and oxygen atoms in total. The van der Waals surface area contributed by atoms with Crippen LogP contribution in [-0.2, 0) is 9.59 Å². The van der Waals surface area contributed by atoms with Gasteiger partial charge in [-0.2, -0.15) is 0 Å². The molecule has 2 unspecified atom stereocenters. The van der Waals surface area contributed by atoms with E-state index in [0.29, 0.717) is 13.0 Å². The molecule has 2 amide bonds. The molecule has 2 rings (SSSR count). The third-order valence-electron chi connectivity index (χ3n) is 4.37. The average Bonchev–Trinajstić information content (AvgIpc) is 3.36. The first kappa shape index (κ1) is 17.5. The normalized spacial score (nSPS) is 19.3. The second kappa shape index (κ2) is 8.14. The van der Waals surface area contributed by atoms with E-state index in [2.05, 4.69) is 13.8 Å². The SMILES string of the molecule is CCCN(CCC)C(=O)C1CC1C(=O)N(CC)c1ccccc1. The van der Waals surface area contributed by atoms with Crippen LogP contribution in [0.5, 0.6) is 0 Å². The van der Waals surface area contributed by atoms with Gasteiger partial charge in [-0.25, -0.2) is 0 Å². The van der Waals surface area contributed by atoms with Gasteiger partial charge in [0, 0.05) is 25.3 Å². The summed E-state index contributed by atoms with van der Waals surface area (Å²) in [5, 5.41) is 0. The van der Waals surface area contributed by atoms with Crippen LogP contribution in [-0.4, -0.2) is 36.3 Å². The second-order valence-corrected chi connectivity index (χ2v) is 6.19. The topological polar surface area (TPSA) is 40.6 Å². The van der Waals surface area contributed by atoms with E-state index in [0.717, 1.165) is 31.6 Å². The number of para-hydroxylation sites is 1. The van der Waals surface area contributed by atoms with Gasteiger partial charge in [0.1, 0.15) is 0 Å². The summed E-state index contributed by atoms with van der Waals surface area (Å²) in [4.78, 5) is 29.1. The summed E-state index contributed by atoms with van der Waals surface area (Å²) < 4.78 is 0. The van der Waals surface area contributed by atoms with Crippen LogP contribution in [0.15, 0.2) is 30.3 Å². The Morgan fingerprint density at radius 2 is 1.52 bits per heavy atom. The van der Waals surface area contributed by atoms with Gasteiger partial charge in [-0.1, -0.05) is 32.0 Å². The molecular formula is C19H28N2O2. The Labute approximate surface area is 139 Å². The number of carbonyl (C=O) groups is 2. The van der Waals surface area contributed by atoms with Crippen molar-refractivity contribution in [2.24, 2.45) is 11.8 Å². The Hall–Kier alpha value is -1.84. The lowest BCUT2D eigenvalue weighted by Crippen LogP contribution is -2.37. The molecule has 1 saturated carbocycles. The van der Waals surface area contributed by atoms with Crippen molar-refractivity contribution >= 4 is 17.5 Å². The van der Waals surface area contributed by atoms with Crippen LogP contribution in [0.25, 0.3) is 0 Å². The van der Waals surface area contributed by atoms with Crippen LogP contribution in [0, 0.1) is 11.8 Å². The Bertz CT molecular complexity index is 523. The van der Waals surface area contributed by atoms with Crippen molar-refractivity contribution in [2.45, 2.75) is 40.0 Å². The highest BCUT2D eigenvalue weighted by atomic mass is 16.2. The summed E-state index contributed by atoms with van der Waals surface area (Å²) in [7, 11) is 0. The summed E-state index contributed by atoms with van der Waals surface area (Å²) in [5.41, 5.74) is 0.914. The van der Waals surface area contributed by atoms with Crippen molar-refractivity contribution in [1.29, 1.82) is 0 Å². The smallest absolute Gasteiger partial charge is 0.230 e. The average molecular weight is 316 g/mol. The molecule has 2 atom stereocenters. The van der Waals surface area contributed by atoms with Crippen molar-refractivity contribution in [3.05, 3.63) is 30.3 Å². The molecule has 0 bridgehead atoms. The zero-order valence-electron chi connectivity index (χ0n) is 14.5. The summed E-state index contributed by atoms with van der Waals surface area (Å²) in [5.74, 6) is -0.00149. The molecule has 1 aromatic rings. The molecule has 0 spiro atoms. The van der Waals surface area contributed by atoms with Gasteiger partial charge in [-0.15, -0.1) is 0 Å². The fourth-order valence-corrected chi connectivity index (χ4v) is 3.12. The number of carbonyl (C=O) groups excluding carboxylic acids is 2. The van der Waals surface area contributed by atoms with Gasteiger partial charge in [0.25, 0.3) is 0 Å². The molecule has 0 aliphatic heterocycles. The van der Waals surface area contributed by atoms with E-state index in [-0.39, 0.29) is 23.7 Å². The number of hydrogen-bond acceptors (Lipinski definition) is 2. The molecule has 126 valence electrons. The Balaban J connectivity index is 2.01. The lowest BCUT2D eigenvalue weighted by molar-refractivity contribution is -0.134. The predicted molar refractivity (Wildman–Crippen MR) is 93.2 cm³/mol. The van der Waals surface area contributed by atoms with E-state index in [9.17, 15) is 9.59 Å². The molecule has 1 aliphatic carbocycles. The molecule has 0 saturated heterocycles. The quantitative estimate of drug-likeness (QED) is 0.738. The molecule has 0 N–H and O–H groups in total. The summed E-state index contributed by atoms with van der Waals surface area (Å²) in [6.07, 6.45) is 2.62. The monoisotopic (exact) mass is 316 g/mol. The van der Waals surface area contributed by atoms with Gasteiger partial charge in [0.15, 0.2) is 0 Å². The van der Waals surface area contributed by atoms with Crippen molar-refractivity contribution < 1.29 is 9.59 Å². The molecule has 0 radical (unpaired) electrons. The minimum atomic E-state index is -0.140. The highest BCUT2D eigenvalue weighted by Crippen LogP contribution is 2.42. The molecule has 0 heterocycles. The van der Waals surface area contributed by atoms with Crippen LogP contribution < -0.4 is 4.90 Å². The van der Waals surface area contributed by atoms with Crippen LogP contribution >= 0.6 is 0 Å². The van der Waals surface area contributed by atoms with Crippen LogP contribution in [0.3, 0.4) is 0 Å². The predicted octanol–water partition coefficient (Wildman–Crippen LogP) is 3.32. The number of nitrogens with zero attached hydrogens (tertiary/aromatic N) is 2. The van der Waals surface area contributed by atoms with Gasteiger partial charge in [-0.05, 0) is 38.3 Å². The van der Waals surface area contributed by atoms with Gasteiger partial charge in [0.2, 0.25) is 11.8 Å². The van der Waals surface area contributed by atoms with E-state index in [4.69, 9.17) is 0 Å². The third-order valence-corrected chi connectivity index (χ3v) is 4.37. The van der Waals surface area contributed by atoms with E-state index in [1.165, 1.54) is 0 Å². The van der Waals surface area contributed by atoms with E-state index in [1.807, 2.05) is 42.2 Å². The van der Waals surface area contributed by atoms with E-state index < -0.39 is 0 Å². The lowest BCUT2D eigenvalue weighted by atomic mass is 10.2. The van der Waals surface area contributed by atoms with Crippen molar-refractivity contribution in [3.63, 3.8) is 0 Å². The fraction of sp³-hybridized carbons (Fsp3) is 0.579. The van der Waals surface area contributed by atoms with Gasteiger partial charge in [-0.3, -0.25) is 9.59 Å². The standard InChI is InChI=1S/C19H28N2O2/c1-4-12-20(13-5-2)18(22)16-14-17(16)19(23)21(6-3)15-10-8-7-9-11-15/h7-11,16-17H,4-6,12-14H2,1-3H3. The van der Waals surface area contributed by atoms with Gasteiger partial charge >= 0.3 is 0 Å². The number of anilines is 1. The van der Waals surface area contributed by atoms with Crippen molar-refractivity contribution in [3.8, 4) is 0 Å². The Morgan fingerprint density at radius 1 is 0.957 bits per heavy atom. The zero-order chi connectivity index (χ0) is 16.8. The van der Waals surface area contributed by atoms with Crippen LogP contribution in [0.2, 0.25) is 0 Å². The first-order valence-corrected chi connectivity index (χ1v) is 8.79. The molecule has 1 fully saturated rings. The van der Waals surface area contributed by atoms with Crippen molar-refractivity contribution in [2.75, 3.05) is 24.5 Å². The Morgan fingerprint density at radius 3 is 2.04 bits per heavy atom. The number of hydrogen-bond donors (Lipinski definition) is 0. The lowest BCUT2D eigenvalue weighted by Gasteiger charge is -2.23. The summed E-state index contributed by atoms with van der Waals surface area (Å²) in [6, 6.07) is 9.71. The van der Waals surface area contributed by atoms with Crippen LogP contribution in [0.4, 0.5) is 5.69 Å². The van der Waals surface area contributed by atoms with Gasteiger partial charge < -0.3 is 9.80 Å². The highest BCUT2D eigenvalue weighted by Gasteiger charge is 2.50. The second-order valence-electron chi connectivity index (χ2n) is 6.19. The first-order valence-electron chi connectivity index (χ1n) is 8.79. The molecule has 23 heavy (non-hydrogen) atoms. The molecule has 0 aromatic heterocycles. The maximum absolute atomic E-state index is 12.7. The van der Waals surface area contributed by atoms with Crippen LogP contribution in [0.1, 0.15) is 40.0 Å². The minimum absolute atomic E-state index is 0.0880. The molecular weight excluding hydrogens is 288 g/mol. The summed E-state index contributed by atoms with van der Waals surface area (Å²) in [6.45, 7) is 8.36. The molecule has 4 heteroatoms. The number of benzene rings is 1. The maximum Gasteiger partial charge on any atom is 0.230 e. The molecule has 1 aliphatic rings. The number of amides is 2. The highest BCUT2D eigenvalue weighted by molar-refractivity contribution is 6.01. The maximum atomic E-state index is 12.7. The summed E-state index contributed by atoms with van der Waals surface area (Å²) >= 11 is 0. The third kappa shape index (κ3) is 4.12. The fourth-order valence-electron chi connectivity index (χ4n) is 3.12. The van der Waals surface area contributed by atoms with E-state index >= 15 is 0 Å². The van der Waals surface area contributed by atoms with Gasteiger partial charge in [0.05, 0.1) is 11.8 Å². The number of rotatable bonds is 8. The molecule has 1 aromatic carbocycles. The Kier molecular flexibility index (Phi) is 6.20. The first-order chi connectivity index (χ1) is 11.1. The minimum Gasteiger partial charge on any atom is -0.342 e. The zero-order valence-corrected chi connectivity index (χ0v) is 14.5. The van der Waals surface area contributed by atoms with E-state index in [1.54, 1.807) is 4.90 Å². The largest absolute Gasteiger partial charge is 0.342 e. The van der Waals surface area contributed by atoms with Crippen molar-refractivity contribution in [1.82, 2.24) is 4.90 Å².